The van der Waals surface area contributed by atoms with Gasteiger partial charge in [0.15, 0.2) is 5.89 Å². The molecule has 0 atom stereocenters. The van der Waals surface area contributed by atoms with E-state index in [-0.39, 0.29) is 0 Å². The Morgan fingerprint density at radius 2 is 1.92 bits per heavy atom. The molecule has 0 aromatic carbocycles. The highest BCUT2D eigenvalue weighted by molar-refractivity contribution is 5.59. The van der Waals surface area contributed by atoms with Crippen LogP contribution in [0.4, 0.5) is 0 Å². The third-order valence-electron chi connectivity index (χ3n) is 1.87. The van der Waals surface area contributed by atoms with Crippen LogP contribution >= 0.6 is 0 Å². The highest BCUT2D eigenvalue weighted by Crippen LogP contribution is 2.16. The standard InChI is InChI=1S/C9H12N2O2/c1-3-4-5-7-11-9-8(13-7)10-6(2)12-9/h3-5H2,1-2H3. The molecule has 0 saturated carbocycles. The Bertz CT molecular complexity index is 371. The average molecular weight is 180 g/mol. The number of hydrogen-bond donors (Lipinski definition) is 0. The van der Waals surface area contributed by atoms with Crippen LogP contribution in [0.25, 0.3) is 11.4 Å². The molecule has 0 aliphatic carbocycles. The van der Waals surface area contributed by atoms with Crippen molar-refractivity contribution in [2.24, 2.45) is 0 Å². The number of nitrogens with zero attached hydrogens (tertiary/aromatic N) is 2. The lowest BCUT2D eigenvalue weighted by Gasteiger charge is -1.89. The summed E-state index contributed by atoms with van der Waals surface area (Å²) >= 11 is 0. The molecule has 2 heterocycles. The van der Waals surface area contributed by atoms with Gasteiger partial charge in [0.1, 0.15) is 0 Å². The lowest BCUT2D eigenvalue weighted by atomic mass is 10.2. The van der Waals surface area contributed by atoms with Crippen molar-refractivity contribution in [3.05, 3.63) is 11.8 Å². The maximum atomic E-state index is 5.37. The second-order valence-electron chi connectivity index (χ2n) is 3.05. The summed E-state index contributed by atoms with van der Waals surface area (Å²) in [5, 5.41) is 0. The van der Waals surface area contributed by atoms with E-state index >= 15 is 0 Å². The molecule has 2 aromatic heterocycles. The monoisotopic (exact) mass is 180 g/mol. The second kappa shape index (κ2) is 3.20. The molecule has 0 spiro atoms. The van der Waals surface area contributed by atoms with Crippen molar-refractivity contribution in [3.8, 4) is 0 Å². The first-order valence-electron chi connectivity index (χ1n) is 4.52. The molecule has 2 aromatic rings. The first-order chi connectivity index (χ1) is 6.29. The minimum atomic E-state index is 0.517. The average Bonchev–Trinajstić information content (AvgIpc) is 2.57. The molecular weight excluding hydrogens is 168 g/mol. The van der Waals surface area contributed by atoms with Crippen molar-refractivity contribution in [2.45, 2.75) is 33.1 Å². The van der Waals surface area contributed by atoms with Gasteiger partial charge in [-0.25, -0.2) is 0 Å². The predicted molar refractivity (Wildman–Crippen MR) is 47.4 cm³/mol. The number of aryl methyl sites for hydroxylation is 2. The highest BCUT2D eigenvalue weighted by Gasteiger charge is 2.10. The summed E-state index contributed by atoms with van der Waals surface area (Å²) in [4.78, 5) is 8.22. The molecule has 0 unspecified atom stereocenters. The van der Waals surface area contributed by atoms with Gasteiger partial charge in [0.2, 0.25) is 5.89 Å². The summed E-state index contributed by atoms with van der Waals surface area (Å²) < 4.78 is 10.6. The zero-order valence-corrected chi connectivity index (χ0v) is 7.83. The van der Waals surface area contributed by atoms with Crippen molar-refractivity contribution < 1.29 is 8.83 Å². The summed E-state index contributed by atoms with van der Waals surface area (Å²) in [5.74, 6) is 1.33. The van der Waals surface area contributed by atoms with Gasteiger partial charge in [0, 0.05) is 13.3 Å². The van der Waals surface area contributed by atoms with Crippen LogP contribution in [0.3, 0.4) is 0 Å². The van der Waals surface area contributed by atoms with Gasteiger partial charge in [0.25, 0.3) is 11.4 Å². The topological polar surface area (TPSA) is 52.1 Å². The third-order valence-corrected chi connectivity index (χ3v) is 1.87. The van der Waals surface area contributed by atoms with Crippen LogP contribution in [0.1, 0.15) is 31.5 Å². The van der Waals surface area contributed by atoms with Gasteiger partial charge in [-0.1, -0.05) is 13.3 Å². The van der Waals surface area contributed by atoms with Crippen molar-refractivity contribution in [3.63, 3.8) is 0 Å². The molecule has 4 nitrogen and oxygen atoms in total. The molecule has 0 N–H and O–H groups in total. The smallest absolute Gasteiger partial charge is 0.288 e. The first kappa shape index (κ1) is 8.29. The van der Waals surface area contributed by atoms with E-state index in [2.05, 4.69) is 16.9 Å². The molecule has 0 aliphatic heterocycles. The minimum Gasteiger partial charge on any atom is -0.420 e. The molecule has 0 saturated heterocycles. The fourth-order valence-corrected chi connectivity index (χ4v) is 1.22. The lowest BCUT2D eigenvalue weighted by molar-refractivity contribution is 0.501. The van der Waals surface area contributed by atoms with Crippen molar-refractivity contribution in [2.75, 3.05) is 0 Å². The zero-order valence-electron chi connectivity index (χ0n) is 7.83. The number of rotatable bonds is 3. The normalized spacial score (nSPS) is 11.2. The largest absolute Gasteiger partial charge is 0.420 e. The van der Waals surface area contributed by atoms with Crippen LogP contribution in [-0.4, -0.2) is 9.97 Å². The molecule has 0 fully saturated rings. The summed E-state index contributed by atoms with van der Waals surface area (Å²) in [6.07, 6.45) is 3.08. The number of unbranched alkanes of at least 4 members (excludes halogenated alkanes) is 1. The van der Waals surface area contributed by atoms with E-state index in [1.54, 1.807) is 6.92 Å². The molecule has 0 radical (unpaired) electrons. The highest BCUT2D eigenvalue weighted by atomic mass is 16.4. The van der Waals surface area contributed by atoms with Gasteiger partial charge in [-0.05, 0) is 6.42 Å². The number of hydrogen-bond acceptors (Lipinski definition) is 4. The molecule has 0 aliphatic rings. The van der Waals surface area contributed by atoms with E-state index in [0.717, 1.165) is 25.2 Å². The Morgan fingerprint density at radius 3 is 2.62 bits per heavy atom. The van der Waals surface area contributed by atoms with Crippen LogP contribution in [0.2, 0.25) is 0 Å². The lowest BCUT2D eigenvalue weighted by Crippen LogP contribution is -1.83. The first-order valence-corrected chi connectivity index (χ1v) is 4.52. The van der Waals surface area contributed by atoms with Gasteiger partial charge in [-0.2, -0.15) is 9.97 Å². The van der Waals surface area contributed by atoms with Gasteiger partial charge < -0.3 is 8.83 Å². The quantitative estimate of drug-likeness (QED) is 0.728. The van der Waals surface area contributed by atoms with Crippen LogP contribution in [0, 0.1) is 6.92 Å². The number of aromatic nitrogens is 2. The Balaban J connectivity index is 2.24. The van der Waals surface area contributed by atoms with E-state index in [1.807, 2.05) is 0 Å². The zero-order chi connectivity index (χ0) is 9.26. The molecule has 13 heavy (non-hydrogen) atoms. The van der Waals surface area contributed by atoms with E-state index in [4.69, 9.17) is 8.83 Å². The molecule has 70 valence electrons. The fraction of sp³-hybridized carbons (Fsp3) is 0.556. The van der Waals surface area contributed by atoms with Crippen molar-refractivity contribution in [1.29, 1.82) is 0 Å². The third kappa shape index (κ3) is 1.56. The van der Waals surface area contributed by atoms with E-state index in [1.165, 1.54) is 0 Å². The maximum Gasteiger partial charge on any atom is 0.288 e. The van der Waals surface area contributed by atoms with Crippen LogP contribution in [0.5, 0.6) is 0 Å². The maximum absolute atomic E-state index is 5.37. The van der Waals surface area contributed by atoms with Gasteiger partial charge in [0.05, 0.1) is 0 Å². The predicted octanol–water partition coefficient (Wildman–Crippen LogP) is 2.47. The van der Waals surface area contributed by atoms with Gasteiger partial charge in [-0.15, -0.1) is 0 Å². The Hall–Kier alpha value is -1.32. The van der Waals surface area contributed by atoms with E-state index in [9.17, 15) is 0 Å². The summed E-state index contributed by atoms with van der Waals surface area (Å²) in [6, 6.07) is 0. The Kier molecular flexibility index (Phi) is 2.04. The molecule has 2 rings (SSSR count). The van der Waals surface area contributed by atoms with Crippen molar-refractivity contribution in [1.82, 2.24) is 9.97 Å². The number of oxazole rings is 2. The molecular formula is C9H12N2O2. The Labute approximate surface area is 76.0 Å². The van der Waals surface area contributed by atoms with E-state index < -0.39 is 0 Å². The van der Waals surface area contributed by atoms with Crippen LogP contribution in [0.15, 0.2) is 8.83 Å². The summed E-state index contributed by atoms with van der Waals surface area (Å²) in [5.41, 5.74) is 1.03. The van der Waals surface area contributed by atoms with Gasteiger partial charge >= 0.3 is 0 Å². The summed E-state index contributed by atoms with van der Waals surface area (Å²) in [6.45, 7) is 3.92. The van der Waals surface area contributed by atoms with Gasteiger partial charge in [-0.3, -0.25) is 0 Å². The SMILES string of the molecule is CCCCc1nc2oc(C)nc2o1. The molecule has 0 bridgehead atoms. The fourth-order valence-electron chi connectivity index (χ4n) is 1.22. The van der Waals surface area contributed by atoms with Crippen LogP contribution in [-0.2, 0) is 6.42 Å². The van der Waals surface area contributed by atoms with Crippen LogP contribution < -0.4 is 0 Å². The Morgan fingerprint density at radius 1 is 1.15 bits per heavy atom. The minimum absolute atomic E-state index is 0.517. The van der Waals surface area contributed by atoms with Crippen molar-refractivity contribution >= 4 is 11.4 Å². The van der Waals surface area contributed by atoms with E-state index in [0.29, 0.717) is 17.3 Å². The number of fused-ring (bicyclic) bond motifs is 1. The summed E-state index contributed by atoms with van der Waals surface area (Å²) in [7, 11) is 0. The second-order valence-corrected chi connectivity index (χ2v) is 3.05. The molecule has 4 heteroatoms. The molecule has 0 amide bonds.